The second-order valence-electron chi connectivity index (χ2n) is 3.97. The zero-order valence-corrected chi connectivity index (χ0v) is 13.2. The number of ether oxygens (including phenoxy) is 1. The molecular formula is C14H10BrClN2O3. The molecule has 7 heteroatoms. The maximum Gasteiger partial charge on any atom is 0.337 e. The van der Waals surface area contributed by atoms with E-state index in [4.69, 9.17) is 11.6 Å². The molecule has 0 aliphatic rings. The highest BCUT2D eigenvalue weighted by atomic mass is 79.9. The highest BCUT2D eigenvalue weighted by Gasteiger charge is 2.15. The summed E-state index contributed by atoms with van der Waals surface area (Å²) >= 11 is 9.26. The number of nitrogens with zero attached hydrogens (tertiary/aromatic N) is 1. The Labute approximate surface area is 134 Å². The normalized spacial score (nSPS) is 10.0. The molecule has 0 aliphatic heterocycles. The van der Waals surface area contributed by atoms with Gasteiger partial charge in [-0.3, -0.25) is 4.79 Å². The van der Waals surface area contributed by atoms with Gasteiger partial charge in [-0.25, -0.2) is 9.78 Å². The van der Waals surface area contributed by atoms with Crippen LogP contribution in [-0.2, 0) is 4.74 Å². The summed E-state index contributed by atoms with van der Waals surface area (Å²) in [5.41, 5.74) is 0.816. The first kappa shape index (κ1) is 15.5. The van der Waals surface area contributed by atoms with Crippen molar-refractivity contribution in [3.05, 3.63) is 57.3 Å². The van der Waals surface area contributed by atoms with Gasteiger partial charge in [0.2, 0.25) is 0 Å². The molecule has 2 aromatic rings. The molecule has 0 saturated heterocycles. The first-order valence-electron chi connectivity index (χ1n) is 5.82. The molecule has 5 nitrogen and oxygen atoms in total. The van der Waals surface area contributed by atoms with Crippen LogP contribution in [0.5, 0.6) is 0 Å². The van der Waals surface area contributed by atoms with E-state index in [1.54, 1.807) is 12.1 Å². The number of halogens is 2. The van der Waals surface area contributed by atoms with Gasteiger partial charge < -0.3 is 10.1 Å². The van der Waals surface area contributed by atoms with E-state index in [1.165, 1.54) is 31.5 Å². The molecule has 1 heterocycles. The molecule has 1 aromatic carbocycles. The molecular weight excluding hydrogens is 360 g/mol. The first-order chi connectivity index (χ1) is 10.0. The Morgan fingerprint density at radius 3 is 2.76 bits per heavy atom. The third kappa shape index (κ3) is 3.59. The number of carbonyl (C=O) groups excluding carboxylic acids is 2. The number of methoxy groups -OCH3 is 1. The summed E-state index contributed by atoms with van der Waals surface area (Å²) in [6, 6.07) is 7.88. The molecule has 0 atom stereocenters. The molecule has 0 radical (unpaired) electrons. The van der Waals surface area contributed by atoms with Crippen LogP contribution in [0.4, 0.5) is 5.69 Å². The highest BCUT2D eigenvalue weighted by molar-refractivity contribution is 9.10. The van der Waals surface area contributed by atoms with E-state index >= 15 is 0 Å². The molecule has 1 aromatic heterocycles. The molecule has 1 amide bonds. The Hall–Kier alpha value is -1.92. The molecule has 0 saturated carbocycles. The van der Waals surface area contributed by atoms with E-state index in [9.17, 15) is 9.59 Å². The van der Waals surface area contributed by atoms with E-state index in [1.807, 2.05) is 0 Å². The lowest BCUT2D eigenvalue weighted by molar-refractivity contribution is 0.0600. The van der Waals surface area contributed by atoms with Gasteiger partial charge in [-0.2, -0.15) is 0 Å². The van der Waals surface area contributed by atoms with Crippen LogP contribution in [0.15, 0.2) is 41.0 Å². The molecule has 21 heavy (non-hydrogen) atoms. The molecule has 0 fully saturated rings. The summed E-state index contributed by atoms with van der Waals surface area (Å²) < 4.78 is 5.18. The fourth-order valence-electron chi connectivity index (χ4n) is 1.60. The number of amides is 1. The molecule has 0 spiro atoms. The molecule has 0 unspecified atom stereocenters. The Morgan fingerprint density at radius 2 is 2.10 bits per heavy atom. The van der Waals surface area contributed by atoms with E-state index in [-0.39, 0.29) is 11.3 Å². The predicted octanol–water partition coefficient (Wildman–Crippen LogP) is 3.54. The topological polar surface area (TPSA) is 68.3 Å². The van der Waals surface area contributed by atoms with Crippen LogP contribution in [0.3, 0.4) is 0 Å². The standard InChI is InChI=1S/C14H10BrClN2O3/c1-21-14(20)8-4-5-10(16)11(7-8)18-13(19)12-9(15)3-2-6-17-12/h2-7H,1H3,(H,18,19). The summed E-state index contributed by atoms with van der Waals surface area (Å²) in [6.07, 6.45) is 1.51. The number of benzene rings is 1. The number of esters is 1. The number of pyridine rings is 1. The number of aromatic nitrogens is 1. The van der Waals surface area contributed by atoms with Crippen LogP contribution in [0.1, 0.15) is 20.8 Å². The number of rotatable bonds is 3. The Kier molecular flexibility index (Phi) is 4.93. The minimum absolute atomic E-state index is 0.219. The van der Waals surface area contributed by atoms with Crippen LogP contribution in [0.2, 0.25) is 5.02 Å². The minimum Gasteiger partial charge on any atom is -0.465 e. The van der Waals surface area contributed by atoms with Gasteiger partial charge in [0.25, 0.3) is 5.91 Å². The number of nitrogens with one attached hydrogen (secondary N) is 1. The van der Waals surface area contributed by atoms with Crippen molar-refractivity contribution in [1.29, 1.82) is 0 Å². The van der Waals surface area contributed by atoms with Gasteiger partial charge >= 0.3 is 5.97 Å². The summed E-state index contributed by atoms with van der Waals surface area (Å²) in [4.78, 5) is 27.6. The van der Waals surface area contributed by atoms with E-state index in [2.05, 4.69) is 31.0 Å². The van der Waals surface area contributed by atoms with Crippen molar-refractivity contribution in [1.82, 2.24) is 4.98 Å². The highest BCUT2D eigenvalue weighted by Crippen LogP contribution is 2.24. The Bertz CT molecular complexity index is 706. The Balaban J connectivity index is 2.29. The fourth-order valence-corrected chi connectivity index (χ4v) is 2.20. The molecule has 2 rings (SSSR count). The van der Waals surface area contributed by atoms with E-state index in [0.717, 1.165) is 0 Å². The summed E-state index contributed by atoms with van der Waals surface area (Å²) in [5, 5.41) is 2.92. The molecule has 108 valence electrons. The minimum atomic E-state index is -0.513. The van der Waals surface area contributed by atoms with Crippen molar-refractivity contribution >= 4 is 45.1 Å². The van der Waals surface area contributed by atoms with Crippen molar-refractivity contribution in [2.24, 2.45) is 0 Å². The van der Waals surface area contributed by atoms with Gasteiger partial charge in [0.05, 0.1) is 23.4 Å². The number of carbonyl (C=O) groups is 2. The van der Waals surface area contributed by atoms with Crippen molar-refractivity contribution in [2.45, 2.75) is 0 Å². The quantitative estimate of drug-likeness (QED) is 0.840. The van der Waals surface area contributed by atoms with Crippen LogP contribution in [0, 0.1) is 0 Å². The van der Waals surface area contributed by atoms with Gasteiger partial charge in [-0.15, -0.1) is 0 Å². The maximum absolute atomic E-state index is 12.2. The monoisotopic (exact) mass is 368 g/mol. The van der Waals surface area contributed by atoms with E-state index in [0.29, 0.717) is 15.2 Å². The second kappa shape index (κ2) is 6.69. The maximum atomic E-state index is 12.2. The predicted molar refractivity (Wildman–Crippen MR) is 82.7 cm³/mol. The lowest BCUT2D eigenvalue weighted by Crippen LogP contribution is -2.15. The smallest absolute Gasteiger partial charge is 0.337 e. The fraction of sp³-hybridized carbons (Fsp3) is 0.0714. The Morgan fingerprint density at radius 1 is 1.33 bits per heavy atom. The van der Waals surface area contributed by atoms with Gasteiger partial charge in [-0.1, -0.05) is 11.6 Å². The van der Waals surface area contributed by atoms with Crippen LogP contribution in [0.25, 0.3) is 0 Å². The van der Waals surface area contributed by atoms with Crippen molar-refractivity contribution < 1.29 is 14.3 Å². The lowest BCUT2D eigenvalue weighted by Gasteiger charge is -2.09. The zero-order valence-electron chi connectivity index (χ0n) is 10.9. The lowest BCUT2D eigenvalue weighted by atomic mass is 10.2. The molecule has 1 N–H and O–H groups in total. The summed E-state index contributed by atoms with van der Waals surface area (Å²) in [6.45, 7) is 0. The third-order valence-electron chi connectivity index (χ3n) is 2.61. The van der Waals surface area contributed by atoms with Crippen molar-refractivity contribution in [2.75, 3.05) is 12.4 Å². The van der Waals surface area contributed by atoms with Gasteiger partial charge in [0, 0.05) is 10.7 Å². The summed E-state index contributed by atoms with van der Waals surface area (Å²) in [7, 11) is 1.28. The SMILES string of the molecule is COC(=O)c1ccc(Cl)c(NC(=O)c2ncccc2Br)c1. The van der Waals surface area contributed by atoms with Crippen molar-refractivity contribution in [3.8, 4) is 0 Å². The number of hydrogen-bond acceptors (Lipinski definition) is 4. The zero-order chi connectivity index (χ0) is 15.4. The molecule has 0 bridgehead atoms. The first-order valence-corrected chi connectivity index (χ1v) is 6.99. The largest absolute Gasteiger partial charge is 0.465 e. The number of hydrogen-bond donors (Lipinski definition) is 1. The van der Waals surface area contributed by atoms with Crippen LogP contribution >= 0.6 is 27.5 Å². The molecule has 0 aliphatic carbocycles. The van der Waals surface area contributed by atoms with E-state index < -0.39 is 11.9 Å². The average Bonchev–Trinajstić information content (AvgIpc) is 2.49. The number of anilines is 1. The van der Waals surface area contributed by atoms with Crippen LogP contribution in [-0.4, -0.2) is 24.0 Å². The van der Waals surface area contributed by atoms with Gasteiger partial charge in [-0.05, 0) is 46.3 Å². The average molecular weight is 370 g/mol. The second-order valence-corrected chi connectivity index (χ2v) is 5.24. The third-order valence-corrected chi connectivity index (χ3v) is 3.58. The van der Waals surface area contributed by atoms with Crippen LogP contribution < -0.4 is 5.32 Å². The van der Waals surface area contributed by atoms with Gasteiger partial charge in [0.15, 0.2) is 0 Å². The van der Waals surface area contributed by atoms with Gasteiger partial charge in [0.1, 0.15) is 5.69 Å². The summed E-state index contributed by atoms with van der Waals surface area (Å²) in [5.74, 6) is -0.951. The van der Waals surface area contributed by atoms with Crippen molar-refractivity contribution in [3.63, 3.8) is 0 Å².